The predicted molar refractivity (Wildman–Crippen MR) is 101 cm³/mol. The van der Waals surface area contributed by atoms with E-state index >= 15 is 0 Å². The minimum atomic E-state index is -0.200. The Kier molecular flexibility index (Phi) is 4.95. The van der Waals surface area contributed by atoms with Crippen LogP contribution in [-0.2, 0) is 18.4 Å². The number of nitrogens with one attached hydrogen (secondary N) is 1. The van der Waals surface area contributed by atoms with Gasteiger partial charge in [-0.15, -0.1) is 0 Å². The number of fused-ring (bicyclic) bond motifs is 3. The van der Waals surface area contributed by atoms with Gasteiger partial charge in [-0.3, -0.25) is 9.36 Å². The highest BCUT2D eigenvalue weighted by Crippen LogP contribution is 2.42. The summed E-state index contributed by atoms with van der Waals surface area (Å²) in [6, 6.07) is 8.25. The third kappa shape index (κ3) is 2.97. The molecule has 0 aliphatic heterocycles. The van der Waals surface area contributed by atoms with Crippen molar-refractivity contribution in [2.75, 3.05) is 18.5 Å². The van der Waals surface area contributed by atoms with Gasteiger partial charge < -0.3 is 10.4 Å². The Morgan fingerprint density at radius 2 is 2.08 bits per heavy atom. The summed E-state index contributed by atoms with van der Waals surface area (Å²) in [4.78, 5) is 18.2. The average molecular weight is 341 g/mol. The number of aromatic nitrogens is 2. The highest BCUT2D eigenvalue weighted by molar-refractivity contribution is 5.72. The molecule has 0 spiro atoms. The summed E-state index contributed by atoms with van der Waals surface area (Å²) in [7, 11) is 0. The van der Waals surface area contributed by atoms with Crippen molar-refractivity contribution in [2.45, 2.75) is 52.0 Å². The first-order valence-electron chi connectivity index (χ1n) is 9.14. The molecule has 2 N–H and O–H groups in total. The predicted octanol–water partition coefficient (Wildman–Crippen LogP) is 2.95. The molecule has 0 radical (unpaired) electrons. The number of aliphatic hydroxyl groups is 1. The Bertz CT molecular complexity index is 828. The monoisotopic (exact) mass is 341 g/mol. The lowest BCUT2D eigenvalue weighted by atomic mass is 9.69. The van der Waals surface area contributed by atoms with E-state index in [1.807, 2.05) is 19.1 Å². The van der Waals surface area contributed by atoms with Gasteiger partial charge in [0.05, 0.1) is 11.3 Å². The normalized spacial score (nSPS) is 18.6. The van der Waals surface area contributed by atoms with Gasteiger partial charge in [-0.05, 0) is 31.7 Å². The molecule has 1 aromatic heterocycles. The Labute approximate surface area is 148 Å². The van der Waals surface area contributed by atoms with Crippen molar-refractivity contribution < 1.29 is 5.11 Å². The summed E-state index contributed by atoms with van der Waals surface area (Å²) in [6.45, 7) is 7.55. The van der Waals surface area contributed by atoms with Gasteiger partial charge in [0.15, 0.2) is 0 Å². The van der Waals surface area contributed by atoms with Crippen molar-refractivity contribution in [3.8, 4) is 11.3 Å². The number of hydrogen-bond acceptors (Lipinski definition) is 4. The van der Waals surface area contributed by atoms with Gasteiger partial charge >= 0.3 is 0 Å². The molecule has 5 nitrogen and oxygen atoms in total. The van der Waals surface area contributed by atoms with E-state index in [0.29, 0.717) is 25.5 Å². The first-order chi connectivity index (χ1) is 12.1. The minimum Gasteiger partial charge on any atom is -0.396 e. The number of anilines is 1. The Balaban J connectivity index is 2.24. The second kappa shape index (κ2) is 7.00. The van der Waals surface area contributed by atoms with Crippen molar-refractivity contribution in [3.05, 3.63) is 45.7 Å². The van der Waals surface area contributed by atoms with E-state index in [9.17, 15) is 4.79 Å². The van der Waals surface area contributed by atoms with Gasteiger partial charge in [0.1, 0.15) is 0 Å². The molecule has 0 saturated carbocycles. The molecule has 3 rings (SSSR count). The van der Waals surface area contributed by atoms with Crippen LogP contribution in [0, 0.1) is 0 Å². The largest absolute Gasteiger partial charge is 0.396 e. The van der Waals surface area contributed by atoms with Crippen molar-refractivity contribution >= 4 is 5.95 Å². The molecule has 2 aromatic rings. The summed E-state index contributed by atoms with van der Waals surface area (Å²) in [6.07, 6.45) is 2.39. The van der Waals surface area contributed by atoms with Crippen molar-refractivity contribution in [3.63, 3.8) is 0 Å². The number of nitrogens with zero attached hydrogens (tertiary/aromatic N) is 2. The first-order valence-corrected chi connectivity index (χ1v) is 9.14. The molecule has 134 valence electrons. The van der Waals surface area contributed by atoms with Crippen LogP contribution in [0.15, 0.2) is 29.1 Å². The van der Waals surface area contributed by atoms with E-state index in [1.165, 1.54) is 5.56 Å². The third-order valence-electron chi connectivity index (χ3n) is 5.34. The number of benzene rings is 1. The summed E-state index contributed by atoms with van der Waals surface area (Å²) < 4.78 is 1.72. The zero-order valence-electron chi connectivity index (χ0n) is 15.3. The molecule has 0 bridgehead atoms. The molecule has 0 fully saturated rings. The van der Waals surface area contributed by atoms with E-state index in [1.54, 1.807) is 4.57 Å². The van der Waals surface area contributed by atoms with E-state index in [-0.39, 0.29) is 17.6 Å². The van der Waals surface area contributed by atoms with E-state index in [0.717, 1.165) is 29.7 Å². The van der Waals surface area contributed by atoms with Crippen LogP contribution in [0.5, 0.6) is 0 Å². The van der Waals surface area contributed by atoms with Gasteiger partial charge in [0.25, 0.3) is 5.56 Å². The van der Waals surface area contributed by atoms with Gasteiger partial charge in [-0.25, -0.2) is 4.98 Å². The second-order valence-corrected chi connectivity index (χ2v) is 6.96. The second-order valence-electron chi connectivity index (χ2n) is 6.96. The average Bonchev–Trinajstić information content (AvgIpc) is 2.62. The molecule has 1 aliphatic rings. The van der Waals surface area contributed by atoms with Crippen LogP contribution in [0.25, 0.3) is 11.3 Å². The number of rotatable bonds is 6. The molecule has 25 heavy (non-hydrogen) atoms. The molecular weight excluding hydrogens is 314 g/mol. The first kappa shape index (κ1) is 17.7. The lowest BCUT2D eigenvalue weighted by Crippen LogP contribution is -2.40. The van der Waals surface area contributed by atoms with Crippen LogP contribution in [-0.4, -0.2) is 27.8 Å². The lowest BCUT2D eigenvalue weighted by Gasteiger charge is -2.35. The number of hydrogen-bond donors (Lipinski definition) is 2. The third-order valence-corrected chi connectivity index (χ3v) is 5.34. The van der Waals surface area contributed by atoms with Crippen molar-refractivity contribution in [1.29, 1.82) is 0 Å². The molecular formula is C20H27N3O2. The maximum absolute atomic E-state index is 13.3. The fourth-order valence-electron chi connectivity index (χ4n) is 3.72. The van der Waals surface area contributed by atoms with Crippen LogP contribution < -0.4 is 10.9 Å². The van der Waals surface area contributed by atoms with Crippen LogP contribution >= 0.6 is 0 Å². The molecule has 1 heterocycles. The molecule has 1 aromatic carbocycles. The molecule has 1 aliphatic carbocycles. The van der Waals surface area contributed by atoms with Crippen LogP contribution in [0.2, 0.25) is 0 Å². The van der Waals surface area contributed by atoms with Crippen LogP contribution in [0.3, 0.4) is 0 Å². The van der Waals surface area contributed by atoms with Crippen LogP contribution in [0.1, 0.15) is 44.7 Å². The maximum atomic E-state index is 13.3. The zero-order valence-corrected chi connectivity index (χ0v) is 15.3. The zero-order chi connectivity index (χ0) is 18.0. The molecule has 5 heteroatoms. The van der Waals surface area contributed by atoms with Crippen molar-refractivity contribution in [1.82, 2.24) is 9.55 Å². The summed E-state index contributed by atoms with van der Waals surface area (Å²) in [5.41, 5.74) is 3.82. The quantitative estimate of drug-likeness (QED) is 0.793. The van der Waals surface area contributed by atoms with E-state index < -0.39 is 0 Å². The lowest BCUT2D eigenvalue weighted by molar-refractivity contribution is 0.292. The van der Waals surface area contributed by atoms with Gasteiger partial charge in [-0.2, -0.15) is 0 Å². The smallest absolute Gasteiger partial charge is 0.259 e. The molecule has 0 saturated heterocycles. The molecule has 1 atom stereocenters. The summed E-state index contributed by atoms with van der Waals surface area (Å²) in [5.74, 6) is 0.592. The SMILES string of the molecule is CCn1c(NCCCO)nc2c(c1=O)[C@](C)(CC)Cc1ccccc1-2. The van der Waals surface area contributed by atoms with Gasteiger partial charge in [0, 0.05) is 30.7 Å². The number of aliphatic hydroxyl groups excluding tert-OH is 1. The topological polar surface area (TPSA) is 67.2 Å². The maximum Gasteiger partial charge on any atom is 0.259 e. The fourth-order valence-corrected chi connectivity index (χ4v) is 3.72. The summed E-state index contributed by atoms with van der Waals surface area (Å²) in [5, 5.41) is 12.2. The van der Waals surface area contributed by atoms with Gasteiger partial charge in [0.2, 0.25) is 5.95 Å². The van der Waals surface area contributed by atoms with E-state index in [2.05, 4.69) is 31.3 Å². The Morgan fingerprint density at radius 1 is 1.32 bits per heavy atom. The standard InChI is InChI=1S/C20H27N3O2/c1-4-20(3)13-14-9-6-7-10-15(14)17-16(20)18(25)23(5-2)19(22-17)21-11-8-12-24/h6-7,9-10,24H,4-5,8,11-13H2,1-3H3,(H,21,22)/t20-/m1/s1. The highest BCUT2D eigenvalue weighted by Gasteiger charge is 2.38. The summed E-state index contributed by atoms with van der Waals surface area (Å²) >= 11 is 0. The fraction of sp³-hybridized carbons (Fsp3) is 0.500. The Hall–Kier alpha value is -2.14. The van der Waals surface area contributed by atoms with Crippen LogP contribution in [0.4, 0.5) is 5.95 Å². The minimum absolute atomic E-state index is 0.0536. The van der Waals surface area contributed by atoms with E-state index in [4.69, 9.17) is 10.1 Å². The van der Waals surface area contributed by atoms with Crippen molar-refractivity contribution in [2.24, 2.45) is 0 Å². The van der Waals surface area contributed by atoms with Gasteiger partial charge in [-0.1, -0.05) is 38.1 Å². The Morgan fingerprint density at radius 3 is 2.76 bits per heavy atom. The highest BCUT2D eigenvalue weighted by atomic mass is 16.3. The molecule has 0 amide bonds. The molecule has 0 unspecified atom stereocenters.